The van der Waals surface area contributed by atoms with Crippen molar-refractivity contribution in [1.29, 1.82) is 0 Å². The highest BCUT2D eigenvalue weighted by Crippen LogP contribution is 2.27. The zero-order chi connectivity index (χ0) is 15.6. The highest BCUT2D eigenvalue weighted by Gasteiger charge is 2.17. The number of carbonyl (C=O) groups is 2. The van der Waals surface area contributed by atoms with Crippen molar-refractivity contribution in [3.63, 3.8) is 0 Å². The summed E-state index contributed by atoms with van der Waals surface area (Å²) in [5.41, 5.74) is 2.24. The molecule has 5 nitrogen and oxygen atoms in total. The molecule has 0 aromatic heterocycles. The zero-order valence-corrected chi connectivity index (χ0v) is 11.3. The van der Waals surface area contributed by atoms with E-state index < -0.39 is 11.9 Å². The molecular formula is C16H14O5. The van der Waals surface area contributed by atoms with Gasteiger partial charge in [-0.1, -0.05) is 24.3 Å². The Kier molecular flexibility index (Phi) is 4.05. The van der Waals surface area contributed by atoms with E-state index in [1.54, 1.807) is 37.3 Å². The molecule has 108 valence electrons. The summed E-state index contributed by atoms with van der Waals surface area (Å²) < 4.78 is 0. The monoisotopic (exact) mass is 286 g/mol. The van der Waals surface area contributed by atoms with Crippen LogP contribution in [0.25, 0.3) is 11.1 Å². The summed E-state index contributed by atoms with van der Waals surface area (Å²) in [7, 11) is 0. The molecule has 0 saturated heterocycles. The maximum absolute atomic E-state index is 11.4. The van der Waals surface area contributed by atoms with Gasteiger partial charge in [0.2, 0.25) is 0 Å². The fraction of sp³-hybridized carbons (Fsp3) is 0.125. The van der Waals surface area contributed by atoms with Gasteiger partial charge in [-0.3, -0.25) is 0 Å². The molecule has 2 aromatic carbocycles. The number of carboxylic acids is 2. The molecule has 0 heterocycles. The molecule has 2 aromatic rings. The molecular weight excluding hydrogens is 272 g/mol. The topological polar surface area (TPSA) is 94.8 Å². The van der Waals surface area contributed by atoms with Gasteiger partial charge in [-0.25, -0.2) is 9.59 Å². The average molecular weight is 286 g/mol. The molecule has 0 aliphatic heterocycles. The molecule has 0 aliphatic carbocycles. The van der Waals surface area contributed by atoms with Gasteiger partial charge in [0.15, 0.2) is 0 Å². The minimum Gasteiger partial charge on any atom is -0.478 e. The van der Waals surface area contributed by atoms with Crippen LogP contribution in [-0.4, -0.2) is 27.3 Å². The Bertz CT molecular complexity index is 701. The predicted molar refractivity (Wildman–Crippen MR) is 76.5 cm³/mol. The quantitative estimate of drug-likeness (QED) is 0.803. The lowest BCUT2D eigenvalue weighted by Gasteiger charge is -2.11. The largest absolute Gasteiger partial charge is 0.478 e. The third-order valence-corrected chi connectivity index (χ3v) is 3.27. The van der Waals surface area contributed by atoms with Crippen LogP contribution in [0.5, 0.6) is 0 Å². The van der Waals surface area contributed by atoms with Crippen molar-refractivity contribution in [2.45, 2.75) is 13.5 Å². The lowest BCUT2D eigenvalue weighted by Crippen LogP contribution is -2.06. The van der Waals surface area contributed by atoms with E-state index in [4.69, 9.17) is 10.2 Å². The van der Waals surface area contributed by atoms with Crippen LogP contribution in [0.1, 0.15) is 31.8 Å². The van der Waals surface area contributed by atoms with Gasteiger partial charge in [0.05, 0.1) is 17.7 Å². The number of rotatable bonds is 4. The summed E-state index contributed by atoms with van der Waals surface area (Å²) in [5.74, 6) is -2.34. The van der Waals surface area contributed by atoms with Crippen molar-refractivity contribution in [2.75, 3.05) is 0 Å². The predicted octanol–water partition coefficient (Wildman–Crippen LogP) is 2.55. The number of benzene rings is 2. The Morgan fingerprint density at radius 1 is 0.952 bits per heavy atom. The summed E-state index contributed by atoms with van der Waals surface area (Å²) in [4.78, 5) is 22.5. The third-order valence-electron chi connectivity index (χ3n) is 3.27. The van der Waals surface area contributed by atoms with E-state index in [2.05, 4.69) is 0 Å². The second kappa shape index (κ2) is 5.76. The van der Waals surface area contributed by atoms with Crippen molar-refractivity contribution in [1.82, 2.24) is 0 Å². The van der Waals surface area contributed by atoms with Gasteiger partial charge in [-0.15, -0.1) is 0 Å². The summed E-state index contributed by atoms with van der Waals surface area (Å²) >= 11 is 0. The first-order valence-corrected chi connectivity index (χ1v) is 6.25. The van der Waals surface area contributed by atoms with Crippen molar-refractivity contribution in [3.05, 3.63) is 58.7 Å². The fourth-order valence-electron chi connectivity index (χ4n) is 2.14. The molecule has 2 rings (SSSR count). The van der Waals surface area contributed by atoms with Crippen LogP contribution in [0, 0.1) is 6.92 Å². The Hall–Kier alpha value is -2.66. The highest BCUT2D eigenvalue weighted by molar-refractivity contribution is 6.00. The molecule has 0 bridgehead atoms. The van der Waals surface area contributed by atoms with Gasteiger partial charge in [-0.2, -0.15) is 0 Å². The van der Waals surface area contributed by atoms with Crippen LogP contribution in [-0.2, 0) is 6.61 Å². The SMILES string of the molecule is Cc1cc(-c2ccc(CO)cc2)c(C(=O)O)cc1C(=O)O. The molecule has 5 heteroatoms. The number of aliphatic hydroxyl groups is 1. The lowest BCUT2D eigenvalue weighted by molar-refractivity contribution is 0.0695. The van der Waals surface area contributed by atoms with E-state index in [9.17, 15) is 14.7 Å². The fourth-order valence-corrected chi connectivity index (χ4v) is 2.14. The first-order chi connectivity index (χ1) is 9.93. The number of aliphatic hydroxyl groups excluding tert-OH is 1. The van der Waals surface area contributed by atoms with Crippen LogP contribution in [0.2, 0.25) is 0 Å². The van der Waals surface area contributed by atoms with Crippen LogP contribution in [0.4, 0.5) is 0 Å². The van der Waals surface area contributed by atoms with Crippen LogP contribution >= 0.6 is 0 Å². The molecule has 0 amide bonds. The summed E-state index contributed by atoms with van der Waals surface area (Å²) in [5, 5.41) is 27.4. The Morgan fingerprint density at radius 3 is 2.00 bits per heavy atom. The maximum atomic E-state index is 11.4. The number of hydrogen-bond donors (Lipinski definition) is 3. The average Bonchev–Trinajstić information content (AvgIpc) is 2.46. The van der Waals surface area contributed by atoms with E-state index in [-0.39, 0.29) is 17.7 Å². The van der Waals surface area contributed by atoms with Gasteiger partial charge in [0.1, 0.15) is 0 Å². The Balaban J connectivity index is 2.63. The molecule has 3 N–H and O–H groups in total. The number of aromatic carboxylic acids is 2. The second-order valence-electron chi connectivity index (χ2n) is 4.68. The Morgan fingerprint density at radius 2 is 1.52 bits per heavy atom. The van der Waals surface area contributed by atoms with E-state index in [0.717, 1.165) is 5.56 Å². The highest BCUT2D eigenvalue weighted by atomic mass is 16.4. The summed E-state index contributed by atoms with van der Waals surface area (Å²) in [6, 6.07) is 9.53. The molecule has 0 aliphatic rings. The molecule has 0 radical (unpaired) electrons. The molecule has 0 saturated carbocycles. The Labute approximate surface area is 121 Å². The first-order valence-electron chi connectivity index (χ1n) is 6.25. The van der Waals surface area contributed by atoms with Crippen molar-refractivity contribution in [2.24, 2.45) is 0 Å². The van der Waals surface area contributed by atoms with E-state index in [0.29, 0.717) is 16.7 Å². The van der Waals surface area contributed by atoms with Gasteiger partial charge in [-0.05, 0) is 41.3 Å². The van der Waals surface area contributed by atoms with Gasteiger partial charge < -0.3 is 15.3 Å². The van der Waals surface area contributed by atoms with Crippen LogP contribution in [0.3, 0.4) is 0 Å². The molecule has 21 heavy (non-hydrogen) atoms. The summed E-state index contributed by atoms with van der Waals surface area (Å²) in [6.07, 6.45) is 0. The van der Waals surface area contributed by atoms with Crippen LogP contribution in [0.15, 0.2) is 36.4 Å². The molecule has 0 unspecified atom stereocenters. The van der Waals surface area contributed by atoms with Gasteiger partial charge in [0.25, 0.3) is 0 Å². The van der Waals surface area contributed by atoms with Crippen molar-refractivity contribution >= 4 is 11.9 Å². The van der Waals surface area contributed by atoms with Gasteiger partial charge in [0, 0.05) is 0 Å². The standard InChI is InChI=1S/C16H14O5/c1-9-6-13(11-4-2-10(8-17)3-5-11)14(16(20)21)7-12(9)15(18)19/h2-7,17H,8H2,1H3,(H,18,19)(H,20,21). The van der Waals surface area contributed by atoms with Crippen molar-refractivity contribution < 1.29 is 24.9 Å². The second-order valence-corrected chi connectivity index (χ2v) is 4.68. The number of hydrogen-bond acceptors (Lipinski definition) is 3. The molecule has 0 spiro atoms. The zero-order valence-electron chi connectivity index (χ0n) is 11.3. The first kappa shape index (κ1) is 14.7. The van der Waals surface area contributed by atoms with Gasteiger partial charge >= 0.3 is 11.9 Å². The van der Waals surface area contributed by atoms with E-state index in [1.165, 1.54) is 6.07 Å². The maximum Gasteiger partial charge on any atom is 0.336 e. The van der Waals surface area contributed by atoms with Crippen LogP contribution < -0.4 is 0 Å². The number of aryl methyl sites for hydroxylation is 1. The minimum atomic E-state index is -1.18. The van der Waals surface area contributed by atoms with Crippen molar-refractivity contribution in [3.8, 4) is 11.1 Å². The lowest BCUT2D eigenvalue weighted by atomic mass is 9.94. The molecule has 0 atom stereocenters. The van der Waals surface area contributed by atoms with E-state index in [1.807, 2.05) is 0 Å². The third kappa shape index (κ3) is 2.93. The van der Waals surface area contributed by atoms with E-state index >= 15 is 0 Å². The number of carboxylic acid groups (broad SMARTS) is 2. The molecule has 0 fully saturated rings. The smallest absolute Gasteiger partial charge is 0.336 e. The summed E-state index contributed by atoms with van der Waals surface area (Å²) in [6.45, 7) is 1.53. The normalized spacial score (nSPS) is 10.4. The minimum absolute atomic E-state index is 0.0249.